The number of carbonyl (C=O) groups is 1. The summed E-state index contributed by atoms with van der Waals surface area (Å²) < 4.78 is 0. The van der Waals surface area contributed by atoms with Gasteiger partial charge >= 0.3 is 0 Å². The number of hydrogen-bond donors (Lipinski definition) is 1. The van der Waals surface area contributed by atoms with Crippen molar-refractivity contribution in [2.24, 2.45) is 0 Å². The van der Waals surface area contributed by atoms with Gasteiger partial charge in [0.25, 0.3) is 5.91 Å². The molecule has 3 nitrogen and oxygen atoms in total. The second-order valence-corrected chi connectivity index (χ2v) is 2.19. The van der Waals surface area contributed by atoms with Gasteiger partial charge in [0.05, 0.1) is 6.54 Å². The van der Waals surface area contributed by atoms with E-state index in [1.165, 1.54) is 0 Å². The van der Waals surface area contributed by atoms with Gasteiger partial charge in [0.1, 0.15) is 0 Å². The van der Waals surface area contributed by atoms with Gasteiger partial charge in [-0.25, -0.2) is 0 Å². The van der Waals surface area contributed by atoms with Gasteiger partial charge in [-0.05, 0) is 12.1 Å². The summed E-state index contributed by atoms with van der Waals surface area (Å²) in [4.78, 5) is 20.9. The lowest BCUT2D eigenvalue weighted by molar-refractivity contribution is 0.0959. The minimum absolute atomic E-state index is 0.0618. The monoisotopic (exact) mass is 162 g/mol. The Bertz CT molecular complexity index is 269. The molecule has 0 saturated heterocycles. The minimum atomic E-state index is -0.251. The topological polar surface area (TPSA) is 46.2 Å². The molecule has 12 heavy (non-hydrogen) atoms. The van der Waals surface area contributed by atoms with Crippen molar-refractivity contribution in [3.8, 4) is 0 Å². The second-order valence-electron chi connectivity index (χ2n) is 2.19. The number of carbonyl (C=O) groups excluding carboxylic acids is 2. The molecular formula is C9H8NO2. The molecule has 0 aliphatic heterocycles. The van der Waals surface area contributed by atoms with E-state index in [0.29, 0.717) is 5.56 Å². The Hall–Kier alpha value is -1.64. The van der Waals surface area contributed by atoms with Crippen molar-refractivity contribution in [1.82, 2.24) is 5.32 Å². The minimum Gasteiger partial charge on any atom is -0.344 e. The molecule has 1 aromatic rings. The smallest absolute Gasteiger partial charge is 0.251 e. The largest absolute Gasteiger partial charge is 0.344 e. The van der Waals surface area contributed by atoms with Crippen LogP contribution in [0.3, 0.4) is 0 Å². The van der Waals surface area contributed by atoms with Crippen molar-refractivity contribution in [1.29, 1.82) is 0 Å². The summed E-state index contributed by atoms with van der Waals surface area (Å²) in [7, 11) is 0. The van der Waals surface area contributed by atoms with Gasteiger partial charge in [0, 0.05) is 5.56 Å². The van der Waals surface area contributed by atoms with E-state index in [2.05, 4.69) is 5.32 Å². The fourth-order valence-corrected chi connectivity index (χ4v) is 0.808. The van der Waals surface area contributed by atoms with Crippen LogP contribution < -0.4 is 5.32 Å². The number of rotatable bonds is 3. The Morgan fingerprint density at radius 2 is 2.00 bits per heavy atom. The van der Waals surface area contributed by atoms with Gasteiger partial charge in [-0.1, -0.05) is 18.2 Å². The van der Waals surface area contributed by atoms with Crippen LogP contribution in [0.4, 0.5) is 0 Å². The van der Waals surface area contributed by atoms with E-state index < -0.39 is 0 Å². The maximum Gasteiger partial charge on any atom is 0.251 e. The molecule has 0 bridgehead atoms. The molecule has 0 aromatic heterocycles. The number of hydrogen-bond acceptors (Lipinski definition) is 2. The first-order chi connectivity index (χ1) is 5.84. The van der Waals surface area contributed by atoms with E-state index in [0.717, 1.165) is 0 Å². The normalized spacial score (nSPS) is 9.00. The molecule has 0 unspecified atom stereocenters. The fraction of sp³-hybridized carbons (Fsp3) is 0.111. The van der Waals surface area contributed by atoms with E-state index in [4.69, 9.17) is 0 Å². The molecule has 0 saturated carbocycles. The van der Waals surface area contributed by atoms with Gasteiger partial charge in [0.2, 0.25) is 6.29 Å². The van der Waals surface area contributed by atoms with E-state index in [9.17, 15) is 9.59 Å². The quantitative estimate of drug-likeness (QED) is 0.704. The van der Waals surface area contributed by atoms with Crippen LogP contribution in [0.25, 0.3) is 0 Å². The Balaban J connectivity index is 2.59. The first kappa shape index (κ1) is 8.46. The van der Waals surface area contributed by atoms with Gasteiger partial charge in [-0.15, -0.1) is 0 Å². The SMILES string of the molecule is O=[C]CNC(=O)c1ccccc1. The molecule has 61 valence electrons. The van der Waals surface area contributed by atoms with Crippen LogP contribution in [-0.4, -0.2) is 18.7 Å². The second kappa shape index (κ2) is 4.28. The molecule has 0 atom stereocenters. The van der Waals surface area contributed by atoms with Crippen molar-refractivity contribution in [3.63, 3.8) is 0 Å². The van der Waals surface area contributed by atoms with Crippen LogP contribution in [0.15, 0.2) is 30.3 Å². The summed E-state index contributed by atoms with van der Waals surface area (Å²) in [6, 6.07) is 8.71. The fourth-order valence-electron chi connectivity index (χ4n) is 0.808. The van der Waals surface area contributed by atoms with E-state index >= 15 is 0 Å². The van der Waals surface area contributed by atoms with Crippen LogP contribution in [-0.2, 0) is 4.79 Å². The summed E-state index contributed by atoms with van der Waals surface area (Å²) in [5.41, 5.74) is 0.549. The van der Waals surface area contributed by atoms with E-state index in [1.807, 2.05) is 6.07 Å². The number of amides is 1. The van der Waals surface area contributed by atoms with Crippen LogP contribution in [0.5, 0.6) is 0 Å². The summed E-state index contributed by atoms with van der Waals surface area (Å²) in [6.07, 6.45) is 1.59. The predicted octanol–water partition coefficient (Wildman–Crippen LogP) is 0.526. The molecule has 3 heteroatoms. The van der Waals surface area contributed by atoms with E-state index in [1.54, 1.807) is 30.6 Å². The Morgan fingerprint density at radius 1 is 1.33 bits per heavy atom. The highest BCUT2D eigenvalue weighted by atomic mass is 16.2. The first-order valence-corrected chi connectivity index (χ1v) is 3.53. The molecule has 0 aliphatic rings. The van der Waals surface area contributed by atoms with Crippen molar-refractivity contribution < 1.29 is 9.59 Å². The Labute approximate surface area is 70.4 Å². The highest BCUT2D eigenvalue weighted by molar-refractivity contribution is 5.94. The lowest BCUT2D eigenvalue weighted by Crippen LogP contribution is -2.24. The first-order valence-electron chi connectivity index (χ1n) is 3.53. The zero-order valence-corrected chi connectivity index (χ0v) is 6.41. The molecule has 1 amide bonds. The maximum absolute atomic E-state index is 11.1. The molecule has 0 fully saturated rings. The summed E-state index contributed by atoms with van der Waals surface area (Å²) in [5.74, 6) is -0.251. The Morgan fingerprint density at radius 3 is 2.58 bits per heavy atom. The maximum atomic E-state index is 11.1. The molecule has 0 spiro atoms. The summed E-state index contributed by atoms with van der Waals surface area (Å²) in [5, 5.41) is 2.39. The van der Waals surface area contributed by atoms with Gasteiger partial charge in [-0.3, -0.25) is 9.59 Å². The van der Waals surface area contributed by atoms with Crippen molar-refractivity contribution >= 4 is 12.2 Å². The van der Waals surface area contributed by atoms with Crippen molar-refractivity contribution in [2.45, 2.75) is 0 Å². The highest BCUT2D eigenvalue weighted by Gasteiger charge is 2.01. The Kier molecular flexibility index (Phi) is 3.02. The van der Waals surface area contributed by atoms with Crippen LogP contribution in [0.1, 0.15) is 10.4 Å². The third-order valence-electron chi connectivity index (χ3n) is 1.36. The molecule has 1 radical (unpaired) electrons. The van der Waals surface area contributed by atoms with Crippen molar-refractivity contribution in [3.05, 3.63) is 35.9 Å². The van der Waals surface area contributed by atoms with Crippen LogP contribution >= 0.6 is 0 Å². The predicted molar refractivity (Wildman–Crippen MR) is 44.5 cm³/mol. The average molecular weight is 162 g/mol. The standard InChI is InChI=1S/C9H8NO2/c11-7-6-10-9(12)8-4-2-1-3-5-8/h1-5H,6H2,(H,10,12). The third-order valence-corrected chi connectivity index (χ3v) is 1.36. The zero-order valence-electron chi connectivity index (χ0n) is 6.41. The van der Waals surface area contributed by atoms with Gasteiger partial charge in [0.15, 0.2) is 0 Å². The van der Waals surface area contributed by atoms with E-state index in [-0.39, 0.29) is 12.5 Å². The van der Waals surface area contributed by atoms with Gasteiger partial charge in [-0.2, -0.15) is 0 Å². The van der Waals surface area contributed by atoms with Crippen molar-refractivity contribution in [2.75, 3.05) is 6.54 Å². The third kappa shape index (κ3) is 2.20. The molecule has 0 aliphatic carbocycles. The molecule has 0 heterocycles. The van der Waals surface area contributed by atoms with Crippen LogP contribution in [0.2, 0.25) is 0 Å². The lowest BCUT2D eigenvalue weighted by Gasteiger charge is -1.98. The van der Waals surface area contributed by atoms with Crippen LogP contribution in [0, 0.1) is 0 Å². The molecule has 1 aromatic carbocycles. The lowest BCUT2D eigenvalue weighted by atomic mass is 10.2. The summed E-state index contributed by atoms with van der Waals surface area (Å²) in [6.45, 7) is -0.0618. The summed E-state index contributed by atoms with van der Waals surface area (Å²) >= 11 is 0. The molecular weight excluding hydrogens is 154 g/mol. The molecule has 1 N–H and O–H groups in total. The molecule has 1 rings (SSSR count). The highest BCUT2D eigenvalue weighted by Crippen LogP contribution is 1.96. The number of nitrogens with one attached hydrogen (secondary N) is 1. The average Bonchev–Trinajstić information content (AvgIpc) is 2.15. The number of benzene rings is 1. The zero-order chi connectivity index (χ0) is 8.81. The van der Waals surface area contributed by atoms with Gasteiger partial charge < -0.3 is 5.32 Å².